The van der Waals surface area contributed by atoms with Crippen LogP contribution in [0.4, 0.5) is 17.5 Å². The molecule has 0 saturated heterocycles. The van der Waals surface area contributed by atoms with Crippen LogP contribution < -0.4 is 16.4 Å². The number of pyridine rings is 1. The number of nitrogens with zero attached hydrogens (tertiary/aromatic N) is 5. The summed E-state index contributed by atoms with van der Waals surface area (Å²) in [7, 11) is 0. The second kappa shape index (κ2) is 7.99. The first-order valence-corrected chi connectivity index (χ1v) is 10.8. The molecule has 3 aromatic rings. The number of benzene rings is 1. The average Bonchev–Trinajstić information content (AvgIpc) is 3.34. The highest BCUT2D eigenvalue weighted by Gasteiger charge is 2.48. The quantitative estimate of drug-likeness (QED) is 0.435. The molecule has 1 aliphatic carbocycles. The molecular formula is C23H27N7O2. The normalized spacial score (nSPS) is 25.8. The maximum atomic E-state index is 10.9. The minimum Gasteiger partial charge on any atom is -0.390 e. The molecule has 0 amide bonds. The molecular weight excluding hydrogens is 406 g/mol. The predicted octanol–water partition coefficient (Wildman–Crippen LogP) is 0.974. The molecule has 9 nitrogen and oxygen atoms in total. The van der Waals surface area contributed by atoms with E-state index in [0.29, 0.717) is 31.0 Å². The second-order valence-electron chi connectivity index (χ2n) is 8.67. The van der Waals surface area contributed by atoms with Crippen molar-refractivity contribution in [2.24, 2.45) is 10.9 Å². The third-order valence-corrected chi connectivity index (χ3v) is 6.88. The minimum atomic E-state index is -0.913. The lowest BCUT2D eigenvalue weighted by atomic mass is 9.90. The van der Waals surface area contributed by atoms with Crippen LogP contribution in [-0.4, -0.2) is 62.7 Å². The van der Waals surface area contributed by atoms with Crippen LogP contribution in [0.25, 0.3) is 10.9 Å². The van der Waals surface area contributed by atoms with E-state index in [0.717, 1.165) is 34.3 Å². The van der Waals surface area contributed by atoms with Crippen molar-refractivity contribution in [3.05, 3.63) is 47.8 Å². The highest BCUT2D eigenvalue weighted by atomic mass is 16.3. The van der Waals surface area contributed by atoms with Crippen LogP contribution in [0.2, 0.25) is 0 Å². The lowest BCUT2D eigenvalue weighted by molar-refractivity contribution is 0.00978. The molecule has 1 aliphatic heterocycles. The summed E-state index contributed by atoms with van der Waals surface area (Å²) < 4.78 is 0. The summed E-state index contributed by atoms with van der Waals surface area (Å²) in [6.45, 7) is 4.46. The van der Waals surface area contributed by atoms with Gasteiger partial charge >= 0.3 is 0 Å². The van der Waals surface area contributed by atoms with Gasteiger partial charge in [-0.1, -0.05) is 12.1 Å². The van der Waals surface area contributed by atoms with Crippen LogP contribution in [0.15, 0.2) is 41.7 Å². The van der Waals surface area contributed by atoms with Gasteiger partial charge in [0.2, 0.25) is 0 Å². The first-order valence-electron chi connectivity index (χ1n) is 10.8. The lowest BCUT2D eigenvalue weighted by Gasteiger charge is -2.28. The molecule has 1 aromatic carbocycles. The van der Waals surface area contributed by atoms with E-state index in [2.05, 4.69) is 26.7 Å². The number of rotatable bonds is 5. The molecule has 1 fully saturated rings. The Morgan fingerprint density at radius 2 is 1.97 bits per heavy atom. The van der Waals surface area contributed by atoms with Gasteiger partial charge in [-0.3, -0.25) is 4.99 Å². The smallest absolute Gasteiger partial charge is 0.137 e. The third-order valence-electron chi connectivity index (χ3n) is 6.88. The molecule has 2 aromatic heterocycles. The number of anilines is 3. The Morgan fingerprint density at radius 3 is 2.78 bits per heavy atom. The van der Waals surface area contributed by atoms with Gasteiger partial charge in [-0.2, -0.15) is 0 Å². The van der Waals surface area contributed by atoms with E-state index < -0.39 is 12.2 Å². The van der Waals surface area contributed by atoms with Crippen molar-refractivity contribution >= 4 is 35.1 Å². The van der Waals surface area contributed by atoms with Gasteiger partial charge in [0, 0.05) is 23.4 Å². The van der Waals surface area contributed by atoms with E-state index in [-0.39, 0.29) is 18.0 Å². The first kappa shape index (κ1) is 20.6. The summed E-state index contributed by atoms with van der Waals surface area (Å²) in [6, 6.07) is 9.23. The van der Waals surface area contributed by atoms with Gasteiger partial charge in [0.1, 0.15) is 29.9 Å². The lowest BCUT2D eigenvalue weighted by Crippen LogP contribution is -2.43. The fourth-order valence-electron chi connectivity index (χ4n) is 5.20. The Balaban J connectivity index is 1.37. The summed E-state index contributed by atoms with van der Waals surface area (Å²) in [6.07, 6.45) is 1.51. The van der Waals surface area contributed by atoms with E-state index in [9.17, 15) is 10.2 Å². The van der Waals surface area contributed by atoms with Crippen molar-refractivity contribution in [2.45, 2.75) is 43.6 Å². The van der Waals surface area contributed by atoms with Crippen LogP contribution >= 0.6 is 0 Å². The Kier molecular flexibility index (Phi) is 5.15. The largest absolute Gasteiger partial charge is 0.390 e. The van der Waals surface area contributed by atoms with Crippen LogP contribution in [-0.2, 0) is 12.8 Å². The Morgan fingerprint density at radius 1 is 1.16 bits per heavy atom. The molecule has 166 valence electrons. The number of aromatic nitrogens is 3. The molecule has 0 radical (unpaired) electrons. The SMILES string of the molecule is C=N[C@H](Cc1ccc2ccc(N)nc2c1)[C@H]1C[C@@H](N2CCc3c(N)ncnc32)[C@H](O)[C@@H]1O. The zero-order chi connectivity index (χ0) is 22.4. The fourth-order valence-corrected chi connectivity index (χ4v) is 5.20. The van der Waals surface area contributed by atoms with E-state index in [1.165, 1.54) is 6.33 Å². The summed E-state index contributed by atoms with van der Waals surface area (Å²) in [4.78, 5) is 19.2. The Labute approximate surface area is 185 Å². The molecule has 0 bridgehead atoms. The van der Waals surface area contributed by atoms with Gasteiger partial charge in [0.15, 0.2) is 0 Å². The number of nitrogen functional groups attached to an aromatic ring is 2. The number of nitrogens with two attached hydrogens (primary N) is 2. The number of aliphatic hydroxyl groups excluding tert-OH is 2. The summed E-state index contributed by atoms with van der Waals surface area (Å²) in [5.41, 5.74) is 14.6. The monoisotopic (exact) mass is 433 g/mol. The van der Waals surface area contributed by atoms with Gasteiger partial charge in [0.05, 0.1) is 23.7 Å². The summed E-state index contributed by atoms with van der Waals surface area (Å²) in [5, 5.41) is 22.9. The molecule has 3 heterocycles. The summed E-state index contributed by atoms with van der Waals surface area (Å²) in [5.74, 6) is 1.45. The second-order valence-corrected chi connectivity index (χ2v) is 8.67. The summed E-state index contributed by atoms with van der Waals surface area (Å²) >= 11 is 0. The first-order chi connectivity index (χ1) is 15.5. The van der Waals surface area contributed by atoms with Gasteiger partial charge in [-0.05, 0) is 49.7 Å². The number of hydrogen-bond acceptors (Lipinski definition) is 9. The molecule has 9 heteroatoms. The maximum Gasteiger partial charge on any atom is 0.137 e. The molecule has 5 atom stereocenters. The Hall–Kier alpha value is -3.30. The van der Waals surface area contributed by atoms with Crippen LogP contribution in [0.3, 0.4) is 0 Å². The van der Waals surface area contributed by atoms with E-state index in [1.54, 1.807) is 6.07 Å². The van der Waals surface area contributed by atoms with Crippen LogP contribution in [0, 0.1) is 5.92 Å². The molecule has 0 spiro atoms. The zero-order valence-electron chi connectivity index (χ0n) is 17.7. The molecule has 6 N–H and O–H groups in total. The topological polar surface area (TPSA) is 147 Å². The van der Waals surface area contributed by atoms with Crippen LogP contribution in [0.5, 0.6) is 0 Å². The van der Waals surface area contributed by atoms with Crippen LogP contribution in [0.1, 0.15) is 17.5 Å². The number of aliphatic hydroxyl groups is 2. The van der Waals surface area contributed by atoms with Crippen molar-refractivity contribution in [3.63, 3.8) is 0 Å². The van der Waals surface area contributed by atoms with Crippen molar-refractivity contribution in [1.29, 1.82) is 0 Å². The molecule has 0 unspecified atom stereocenters. The molecule has 2 aliphatic rings. The Bertz CT molecular complexity index is 1170. The standard InChI is InChI=1S/C23H27N7O2/c1-26-17(9-12-2-3-13-4-5-19(24)29-16(13)8-12)15-10-18(21(32)20(15)31)30-7-6-14-22(25)27-11-28-23(14)30/h2-5,8,11,15,17-18,20-21,31-32H,1,6-7,9-10H2,(H2,24,29)(H2,25,27,28)/t15-,17-,18-,20-,21+/m1/s1. The van der Waals surface area contributed by atoms with Crippen molar-refractivity contribution in [2.75, 3.05) is 22.9 Å². The fraction of sp³-hybridized carbons (Fsp3) is 0.391. The average molecular weight is 434 g/mol. The number of aliphatic imine (C=N–C) groups is 1. The van der Waals surface area contributed by atoms with Crippen molar-refractivity contribution < 1.29 is 10.2 Å². The van der Waals surface area contributed by atoms with Gasteiger partial charge < -0.3 is 26.6 Å². The molecule has 32 heavy (non-hydrogen) atoms. The molecule has 5 rings (SSSR count). The number of fused-ring (bicyclic) bond motifs is 2. The number of hydrogen-bond donors (Lipinski definition) is 4. The zero-order valence-corrected chi connectivity index (χ0v) is 17.7. The molecule has 1 saturated carbocycles. The van der Waals surface area contributed by atoms with Gasteiger partial charge in [-0.15, -0.1) is 0 Å². The van der Waals surface area contributed by atoms with Crippen molar-refractivity contribution in [3.8, 4) is 0 Å². The predicted molar refractivity (Wildman–Crippen MR) is 125 cm³/mol. The highest BCUT2D eigenvalue weighted by Crippen LogP contribution is 2.40. The third kappa shape index (κ3) is 3.43. The van der Waals surface area contributed by atoms with Gasteiger partial charge in [0.25, 0.3) is 0 Å². The van der Waals surface area contributed by atoms with E-state index in [4.69, 9.17) is 11.5 Å². The highest BCUT2D eigenvalue weighted by molar-refractivity contribution is 5.80. The van der Waals surface area contributed by atoms with Crippen molar-refractivity contribution in [1.82, 2.24) is 15.0 Å². The van der Waals surface area contributed by atoms with Gasteiger partial charge in [-0.25, -0.2) is 15.0 Å². The van der Waals surface area contributed by atoms with E-state index in [1.807, 2.05) is 29.2 Å². The minimum absolute atomic E-state index is 0.236. The van der Waals surface area contributed by atoms with E-state index >= 15 is 0 Å². The maximum absolute atomic E-state index is 10.9.